The van der Waals surface area contributed by atoms with Crippen molar-refractivity contribution in [1.82, 2.24) is 9.97 Å². The topological polar surface area (TPSA) is 124 Å². The quantitative estimate of drug-likeness (QED) is 0.630. The third kappa shape index (κ3) is 2.80. The summed E-state index contributed by atoms with van der Waals surface area (Å²) >= 11 is 0. The molecule has 0 spiro atoms. The predicted octanol–water partition coefficient (Wildman–Crippen LogP) is 1.22. The van der Waals surface area contributed by atoms with Crippen molar-refractivity contribution in [3.8, 4) is 0 Å². The number of nitrogen functional groups attached to an aromatic ring is 1. The average Bonchev–Trinajstić information content (AvgIpc) is 2.40. The van der Waals surface area contributed by atoms with Crippen molar-refractivity contribution in [2.45, 2.75) is 0 Å². The highest BCUT2D eigenvalue weighted by atomic mass is 16.6. The summed E-state index contributed by atoms with van der Waals surface area (Å²) in [5.74, 6) is -0.642. The highest BCUT2D eigenvalue weighted by molar-refractivity contribution is 6.07. The minimum atomic E-state index is -0.643. The first-order chi connectivity index (χ1) is 9.08. The van der Waals surface area contributed by atoms with Crippen LogP contribution >= 0.6 is 0 Å². The van der Waals surface area contributed by atoms with E-state index in [0.29, 0.717) is 5.69 Å². The zero-order chi connectivity index (χ0) is 13.8. The van der Waals surface area contributed by atoms with E-state index in [9.17, 15) is 14.9 Å². The highest BCUT2D eigenvalue weighted by Gasteiger charge is 2.16. The van der Waals surface area contributed by atoms with E-state index in [2.05, 4.69) is 15.3 Å². The van der Waals surface area contributed by atoms with Gasteiger partial charge in [0.05, 0.1) is 10.5 Å². The second-order valence-electron chi connectivity index (χ2n) is 3.57. The molecule has 0 atom stereocenters. The number of anilines is 2. The molecule has 19 heavy (non-hydrogen) atoms. The monoisotopic (exact) mass is 259 g/mol. The molecule has 0 aromatic carbocycles. The lowest BCUT2D eigenvalue weighted by molar-refractivity contribution is -0.385. The molecule has 0 unspecified atom stereocenters. The Bertz CT molecular complexity index is 629. The van der Waals surface area contributed by atoms with Gasteiger partial charge in [-0.3, -0.25) is 19.9 Å². The fourth-order valence-electron chi connectivity index (χ4n) is 1.38. The number of nitrogens with one attached hydrogen (secondary N) is 1. The summed E-state index contributed by atoms with van der Waals surface area (Å²) in [4.78, 5) is 29.4. The Labute approximate surface area is 107 Å². The van der Waals surface area contributed by atoms with Crippen molar-refractivity contribution in [3.05, 3.63) is 52.5 Å². The fourth-order valence-corrected chi connectivity index (χ4v) is 1.38. The number of pyridine rings is 2. The number of hydrogen-bond donors (Lipinski definition) is 2. The molecule has 2 aromatic heterocycles. The Morgan fingerprint density at radius 1 is 1.37 bits per heavy atom. The summed E-state index contributed by atoms with van der Waals surface area (Å²) in [6.45, 7) is 0. The average molecular weight is 259 g/mol. The molecule has 2 rings (SSSR count). The van der Waals surface area contributed by atoms with Crippen molar-refractivity contribution in [3.63, 3.8) is 0 Å². The normalized spacial score (nSPS) is 9.89. The molecule has 0 radical (unpaired) electrons. The van der Waals surface area contributed by atoms with Crippen LogP contribution in [-0.2, 0) is 0 Å². The molecule has 0 aliphatic rings. The van der Waals surface area contributed by atoms with E-state index < -0.39 is 10.8 Å². The number of amides is 1. The molecular weight excluding hydrogens is 250 g/mol. The molecule has 0 aliphatic carbocycles. The van der Waals surface area contributed by atoms with Crippen LogP contribution in [0.3, 0.4) is 0 Å². The summed E-state index contributed by atoms with van der Waals surface area (Å²) in [5.41, 5.74) is 5.70. The van der Waals surface area contributed by atoms with Crippen LogP contribution in [-0.4, -0.2) is 20.8 Å². The summed E-state index contributed by atoms with van der Waals surface area (Å²) in [6.07, 6.45) is 4.01. The maximum absolute atomic E-state index is 11.9. The first-order valence-corrected chi connectivity index (χ1v) is 5.19. The molecule has 8 heteroatoms. The van der Waals surface area contributed by atoms with Crippen molar-refractivity contribution < 1.29 is 9.72 Å². The smallest absolute Gasteiger partial charge is 0.288 e. The summed E-state index contributed by atoms with van der Waals surface area (Å²) < 4.78 is 0. The van der Waals surface area contributed by atoms with Gasteiger partial charge in [-0.05, 0) is 12.1 Å². The van der Waals surface area contributed by atoms with Gasteiger partial charge in [0.15, 0.2) is 0 Å². The second kappa shape index (κ2) is 5.08. The Morgan fingerprint density at radius 2 is 2.05 bits per heavy atom. The lowest BCUT2D eigenvalue weighted by Gasteiger charge is -2.06. The molecule has 0 aliphatic heterocycles. The zero-order valence-corrected chi connectivity index (χ0v) is 9.61. The summed E-state index contributed by atoms with van der Waals surface area (Å²) in [6, 6.07) is 4.25. The van der Waals surface area contributed by atoms with E-state index in [1.165, 1.54) is 12.4 Å². The van der Waals surface area contributed by atoms with E-state index >= 15 is 0 Å². The standard InChI is InChI=1S/C11H9N5O3/c12-10-9(5-8(6-14-10)16(18)19)11(17)15-7-1-3-13-4-2-7/h1-6H,(H2,12,14)(H,13,15,17). The molecule has 1 amide bonds. The molecule has 0 bridgehead atoms. The Hall–Kier alpha value is -3.03. The molecule has 96 valence electrons. The Kier molecular flexibility index (Phi) is 3.33. The van der Waals surface area contributed by atoms with Gasteiger partial charge in [0.1, 0.15) is 12.0 Å². The number of nitrogens with two attached hydrogens (primary N) is 1. The lowest BCUT2D eigenvalue weighted by Crippen LogP contribution is -2.15. The number of nitro groups is 1. The molecule has 0 saturated carbocycles. The van der Waals surface area contributed by atoms with Gasteiger partial charge < -0.3 is 11.1 Å². The van der Waals surface area contributed by atoms with Crippen LogP contribution in [0.15, 0.2) is 36.8 Å². The van der Waals surface area contributed by atoms with Crippen LogP contribution in [0.25, 0.3) is 0 Å². The van der Waals surface area contributed by atoms with E-state index in [4.69, 9.17) is 5.73 Å². The summed E-state index contributed by atoms with van der Waals surface area (Å²) in [5, 5.41) is 13.2. The number of carbonyl (C=O) groups is 1. The Balaban J connectivity index is 2.28. The van der Waals surface area contributed by atoms with Gasteiger partial charge in [-0.1, -0.05) is 0 Å². The SMILES string of the molecule is Nc1ncc([N+](=O)[O-])cc1C(=O)Nc1ccncc1. The summed E-state index contributed by atoms with van der Waals surface area (Å²) in [7, 11) is 0. The van der Waals surface area contributed by atoms with Gasteiger partial charge in [-0.25, -0.2) is 4.98 Å². The zero-order valence-electron chi connectivity index (χ0n) is 9.61. The molecule has 3 N–H and O–H groups in total. The minimum absolute atomic E-state index is 0.0500. The maximum atomic E-state index is 11.9. The predicted molar refractivity (Wildman–Crippen MR) is 67.5 cm³/mol. The van der Waals surface area contributed by atoms with Crippen LogP contribution in [0, 0.1) is 10.1 Å². The van der Waals surface area contributed by atoms with Gasteiger partial charge in [-0.15, -0.1) is 0 Å². The van der Waals surface area contributed by atoms with Gasteiger partial charge in [0.25, 0.3) is 11.6 Å². The Morgan fingerprint density at radius 3 is 2.68 bits per heavy atom. The van der Waals surface area contributed by atoms with Crippen LogP contribution in [0.4, 0.5) is 17.2 Å². The van der Waals surface area contributed by atoms with Gasteiger partial charge in [-0.2, -0.15) is 0 Å². The third-order valence-electron chi connectivity index (χ3n) is 2.30. The first kappa shape index (κ1) is 12.4. The molecular formula is C11H9N5O3. The number of hydrogen-bond acceptors (Lipinski definition) is 6. The molecule has 2 heterocycles. The first-order valence-electron chi connectivity index (χ1n) is 5.19. The van der Waals surface area contributed by atoms with E-state index in [-0.39, 0.29) is 17.1 Å². The van der Waals surface area contributed by atoms with E-state index in [0.717, 1.165) is 12.3 Å². The van der Waals surface area contributed by atoms with Crippen molar-refractivity contribution >= 4 is 23.1 Å². The highest BCUT2D eigenvalue weighted by Crippen LogP contribution is 2.18. The van der Waals surface area contributed by atoms with Gasteiger partial charge >= 0.3 is 0 Å². The second-order valence-corrected chi connectivity index (χ2v) is 3.57. The van der Waals surface area contributed by atoms with Crippen molar-refractivity contribution in [2.24, 2.45) is 0 Å². The van der Waals surface area contributed by atoms with Gasteiger partial charge in [0.2, 0.25) is 0 Å². The van der Waals surface area contributed by atoms with E-state index in [1.54, 1.807) is 12.1 Å². The molecule has 8 nitrogen and oxygen atoms in total. The maximum Gasteiger partial charge on any atom is 0.288 e. The van der Waals surface area contributed by atoms with Crippen LogP contribution < -0.4 is 11.1 Å². The third-order valence-corrected chi connectivity index (χ3v) is 2.30. The largest absolute Gasteiger partial charge is 0.383 e. The lowest BCUT2D eigenvalue weighted by atomic mass is 10.2. The van der Waals surface area contributed by atoms with E-state index in [1.807, 2.05) is 0 Å². The van der Waals surface area contributed by atoms with Crippen LogP contribution in [0.2, 0.25) is 0 Å². The molecule has 2 aromatic rings. The van der Waals surface area contributed by atoms with Gasteiger partial charge in [0, 0.05) is 24.1 Å². The van der Waals surface area contributed by atoms with Crippen molar-refractivity contribution in [2.75, 3.05) is 11.1 Å². The number of rotatable bonds is 3. The number of aromatic nitrogens is 2. The van der Waals surface area contributed by atoms with Crippen LogP contribution in [0.5, 0.6) is 0 Å². The molecule has 0 saturated heterocycles. The van der Waals surface area contributed by atoms with Crippen LogP contribution in [0.1, 0.15) is 10.4 Å². The minimum Gasteiger partial charge on any atom is -0.383 e. The number of carbonyl (C=O) groups excluding carboxylic acids is 1. The fraction of sp³-hybridized carbons (Fsp3) is 0. The molecule has 0 fully saturated rings. The van der Waals surface area contributed by atoms with Crippen molar-refractivity contribution in [1.29, 1.82) is 0 Å². The number of nitrogens with zero attached hydrogens (tertiary/aromatic N) is 3.